The largest absolute Gasteiger partial charge is 0.378 e. The first-order valence-corrected chi connectivity index (χ1v) is 10.8. The monoisotopic (exact) mass is 386 g/mol. The molecule has 4 rings (SSSR count). The van der Waals surface area contributed by atoms with Crippen LogP contribution in [0, 0.1) is 0 Å². The Bertz CT molecular complexity index is 654. The summed E-state index contributed by atoms with van der Waals surface area (Å²) in [6, 6.07) is 5.45. The van der Waals surface area contributed by atoms with E-state index in [1.165, 1.54) is 44.2 Å². The van der Waals surface area contributed by atoms with Gasteiger partial charge in [0.2, 0.25) is 0 Å². The molecule has 154 valence electrons. The Labute approximate surface area is 168 Å². The summed E-state index contributed by atoms with van der Waals surface area (Å²) in [4.78, 5) is 14.1. The summed E-state index contributed by atoms with van der Waals surface area (Å²) in [5.41, 5.74) is 1.20. The molecule has 0 bridgehead atoms. The second-order valence-corrected chi connectivity index (χ2v) is 8.07. The summed E-state index contributed by atoms with van der Waals surface area (Å²) < 4.78 is 5.48. The van der Waals surface area contributed by atoms with Crippen LogP contribution < -0.4 is 15.5 Å². The van der Waals surface area contributed by atoms with Gasteiger partial charge in [-0.2, -0.15) is 0 Å². The summed E-state index contributed by atoms with van der Waals surface area (Å²) in [5, 5.41) is 7.13. The number of likely N-dealkylation sites (tertiary alicyclic amines) is 1. The summed E-state index contributed by atoms with van der Waals surface area (Å²) in [5.74, 6) is 1.94. The van der Waals surface area contributed by atoms with Crippen LogP contribution in [0.1, 0.15) is 37.7 Å². The molecule has 1 unspecified atom stereocenters. The molecule has 0 radical (unpaired) electrons. The third kappa shape index (κ3) is 4.75. The van der Waals surface area contributed by atoms with Crippen molar-refractivity contribution in [2.45, 2.75) is 50.7 Å². The number of hydrogen-bond donors (Lipinski definition) is 2. The van der Waals surface area contributed by atoms with Crippen molar-refractivity contribution in [3.8, 4) is 0 Å². The van der Waals surface area contributed by atoms with Crippen molar-refractivity contribution < 1.29 is 4.74 Å². The number of nitrogens with one attached hydrogen (secondary N) is 2. The van der Waals surface area contributed by atoms with Crippen molar-refractivity contribution >= 4 is 11.8 Å². The summed E-state index contributed by atoms with van der Waals surface area (Å²) in [6.45, 7) is 6.41. The number of guanidine groups is 1. The number of hydrogen-bond acceptors (Lipinski definition) is 5. The number of aliphatic imine (C=N–C) groups is 1. The molecule has 3 fully saturated rings. The SMILES string of the molecule is CN=C(NCc1cccnc1N1CCOCC1)NC1CCN(C2CCCC2)C1. The predicted molar refractivity (Wildman–Crippen MR) is 113 cm³/mol. The van der Waals surface area contributed by atoms with Crippen LogP contribution in [0.15, 0.2) is 23.3 Å². The van der Waals surface area contributed by atoms with E-state index < -0.39 is 0 Å². The van der Waals surface area contributed by atoms with Gasteiger partial charge in [0.05, 0.1) is 13.2 Å². The van der Waals surface area contributed by atoms with Crippen LogP contribution in [-0.2, 0) is 11.3 Å². The van der Waals surface area contributed by atoms with Crippen LogP contribution in [0.5, 0.6) is 0 Å². The van der Waals surface area contributed by atoms with Gasteiger partial charge in [0.15, 0.2) is 5.96 Å². The van der Waals surface area contributed by atoms with Gasteiger partial charge in [0, 0.05) is 63.6 Å². The van der Waals surface area contributed by atoms with E-state index in [9.17, 15) is 0 Å². The molecule has 2 saturated heterocycles. The molecular formula is C21H34N6O. The van der Waals surface area contributed by atoms with Crippen LogP contribution >= 0.6 is 0 Å². The normalized spacial score (nSPS) is 24.7. The fourth-order valence-electron chi connectivity index (χ4n) is 4.70. The highest BCUT2D eigenvalue weighted by Crippen LogP contribution is 2.26. The van der Waals surface area contributed by atoms with Crippen LogP contribution in [0.4, 0.5) is 5.82 Å². The molecule has 1 saturated carbocycles. The van der Waals surface area contributed by atoms with E-state index >= 15 is 0 Å². The second kappa shape index (κ2) is 9.56. The Morgan fingerprint density at radius 1 is 1.21 bits per heavy atom. The number of aromatic nitrogens is 1. The lowest BCUT2D eigenvalue weighted by atomic mass is 10.2. The molecule has 2 N–H and O–H groups in total. The highest BCUT2D eigenvalue weighted by atomic mass is 16.5. The van der Waals surface area contributed by atoms with Crippen LogP contribution in [0.25, 0.3) is 0 Å². The van der Waals surface area contributed by atoms with Crippen molar-refractivity contribution in [1.29, 1.82) is 0 Å². The lowest BCUT2D eigenvalue weighted by Crippen LogP contribution is -2.45. The fraction of sp³-hybridized carbons (Fsp3) is 0.714. The number of rotatable bonds is 5. The third-order valence-electron chi connectivity index (χ3n) is 6.25. The highest BCUT2D eigenvalue weighted by molar-refractivity contribution is 5.80. The smallest absolute Gasteiger partial charge is 0.191 e. The van der Waals surface area contributed by atoms with Gasteiger partial charge in [-0.3, -0.25) is 9.89 Å². The Hall–Kier alpha value is -1.86. The van der Waals surface area contributed by atoms with Gasteiger partial charge < -0.3 is 20.3 Å². The van der Waals surface area contributed by atoms with Crippen molar-refractivity contribution in [1.82, 2.24) is 20.5 Å². The lowest BCUT2D eigenvalue weighted by Gasteiger charge is -2.29. The van der Waals surface area contributed by atoms with Crippen LogP contribution in [0.3, 0.4) is 0 Å². The van der Waals surface area contributed by atoms with Crippen molar-refractivity contribution in [3.63, 3.8) is 0 Å². The van der Waals surface area contributed by atoms with E-state index in [-0.39, 0.29) is 0 Å². The first-order valence-electron chi connectivity index (χ1n) is 10.8. The Balaban J connectivity index is 1.30. The zero-order valence-electron chi connectivity index (χ0n) is 17.1. The Kier molecular flexibility index (Phi) is 6.65. The molecule has 0 aromatic carbocycles. The van der Waals surface area contributed by atoms with Gasteiger partial charge in [-0.25, -0.2) is 4.98 Å². The van der Waals surface area contributed by atoms with Crippen LogP contribution in [-0.4, -0.2) is 74.4 Å². The first-order chi connectivity index (χ1) is 13.8. The maximum Gasteiger partial charge on any atom is 0.191 e. The molecule has 1 aromatic heterocycles. The second-order valence-electron chi connectivity index (χ2n) is 8.07. The first kappa shape index (κ1) is 19.5. The molecule has 7 nitrogen and oxygen atoms in total. The van der Waals surface area contributed by atoms with Crippen molar-refractivity contribution in [2.24, 2.45) is 4.99 Å². The molecule has 1 aromatic rings. The van der Waals surface area contributed by atoms with Gasteiger partial charge in [-0.15, -0.1) is 0 Å². The molecule has 0 spiro atoms. The minimum Gasteiger partial charge on any atom is -0.378 e. The summed E-state index contributed by atoms with van der Waals surface area (Å²) >= 11 is 0. The van der Waals surface area contributed by atoms with E-state index in [2.05, 4.69) is 36.5 Å². The predicted octanol–water partition coefficient (Wildman–Crippen LogP) is 1.60. The molecular weight excluding hydrogens is 352 g/mol. The standard InChI is InChI=1S/C21H34N6O/c1-22-21(25-18-8-10-27(16-18)19-6-2-3-7-19)24-15-17-5-4-9-23-20(17)26-11-13-28-14-12-26/h4-5,9,18-19H,2-3,6-8,10-16H2,1H3,(H2,22,24,25). The number of ether oxygens (including phenoxy) is 1. The maximum atomic E-state index is 5.48. The lowest BCUT2D eigenvalue weighted by molar-refractivity contribution is 0.122. The van der Waals surface area contributed by atoms with E-state index in [4.69, 9.17) is 4.74 Å². The summed E-state index contributed by atoms with van der Waals surface area (Å²) in [7, 11) is 1.85. The molecule has 1 aliphatic carbocycles. The van der Waals surface area contributed by atoms with Gasteiger partial charge in [-0.05, 0) is 25.3 Å². The molecule has 3 heterocycles. The zero-order chi connectivity index (χ0) is 19.2. The van der Waals surface area contributed by atoms with E-state index in [0.717, 1.165) is 57.2 Å². The molecule has 1 atom stereocenters. The maximum absolute atomic E-state index is 5.48. The fourth-order valence-corrected chi connectivity index (χ4v) is 4.70. The summed E-state index contributed by atoms with van der Waals surface area (Å²) in [6.07, 6.45) is 8.63. The average molecular weight is 387 g/mol. The molecule has 3 aliphatic rings. The topological polar surface area (TPSA) is 65.0 Å². The highest BCUT2D eigenvalue weighted by Gasteiger charge is 2.30. The Morgan fingerprint density at radius 2 is 2.04 bits per heavy atom. The quantitative estimate of drug-likeness (QED) is 0.592. The molecule has 0 amide bonds. The average Bonchev–Trinajstić information content (AvgIpc) is 3.44. The number of nitrogens with zero attached hydrogens (tertiary/aromatic N) is 4. The molecule has 2 aliphatic heterocycles. The van der Waals surface area contributed by atoms with E-state index in [1.54, 1.807) is 0 Å². The molecule has 7 heteroatoms. The minimum absolute atomic E-state index is 0.486. The number of anilines is 1. The third-order valence-corrected chi connectivity index (χ3v) is 6.25. The van der Waals surface area contributed by atoms with Crippen molar-refractivity contribution in [2.75, 3.05) is 51.3 Å². The minimum atomic E-state index is 0.486. The van der Waals surface area contributed by atoms with E-state index in [1.807, 2.05) is 19.3 Å². The Morgan fingerprint density at radius 3 is 2.82 bits per heavy atom. The van der Waals surface area contributed by atoms with Gasteiger partial charge in [-0.1, -0.05) is 18.9 Å². The van der Waals surface area contributed by atoms with Gasteiger partial charge in [0.1, 0.15) is 5.82 Å². The van der Waals surface area contributed by atoms with Gasteiger partial charge >= 0.3 is 0 Å². The van der Waals surface area contributed by atoms with E-state index in [0.29, 0.717) is 6.04 Å². The van der Waals surface area contributed by atoms with Crippen molar-refractivity contribution in [3.05, 3.63) is 23.9 Å². The van der Waals surface area contributed by atoms with Gasteiger partial charge in [0.25, 0.3) is 0 Å². The number of morpholine rings is 1. The number of pyridine rings is 1. The van der Waals surface area contributed by atoms with Crippen LogP contribution in [0.2, 0.25) is 0 Å². The molecule has 28 heavy (non-hydrogen) atoms. The zero-order valence-corrected chi connectivity index (χ0v) is 17.1.